The van der Waals surface area contributed by atoms with E-state index in [4.69, 9.17) is 11.6 Å². The minimum Gasteiger partial charge on any atom is -0.309 e. The molecule has 0 saturated carbocycles. The number of hydrogen-bond donors (Lipinski definition) is 1. The lowest BCUT2D eigenvalue weighted by Gasteiger charge is -2.24. The lowest BCUT2D eigenvalue weighted by Crippen LogP contribution is -2.29. The van der Waals surface area contributed by atoms with Crippen LogP contribution in [0.3, 0.4) is 0 Å². The molecule has 2 rings (SSSR count). The van der Waals surface area contributed by atoms with Crippen molar-refractivity contribution in [2.45, 2.75) is 37.5 Å². The molecule has 0 bridgehead atoms. The fourth-order valence-corrected chi connectivity index (χ4v) is 3.77. The van der Waals surface area contributed by atoms with E-state index in [2.05, 4.69) is 24.6 Å². The van der Waals surface area contributed by atoms with Gasteiger partial charge in [0.15, 0.2) is 0 Å². The quantitative estimate of drug-likeness (QED) is 0.887. The van der Waals surface area contributed by atoms with Crippen molar-refractivity contribution >= 4 is 34.7 Å². The molecule has 1 aromatic rings. The summed E-state index contributed by atoms with van der Waals surface area (Å²) in [6, 6.07) is 2.68. The molecular formula is C12H18ClNS2. The van der Waals surface area contributed by atoms with E-state index < -0.39 is 0 Å². The van der Waals surface area contributed by atoms with Crippen LogP contribution in [-0.4, -0.2) is 18.1 Å². The highest BCUT2D eigenvalue weighted by atomic mass is 35.5. The highest BCUT2D eigenvalue weighted by molar-refractivity contribution is 7.99. The molecule has 1 N–H and O–H groups in total. The van der Waals surface area contributed by atoms with Crippen LogP contribution in [0.15, 0.2) is 6.07 Å². The Morgan fingerprint density at radius 3 is 3.25 bits per heavy atom. The van der Waals surface area contributed by atoms with Crippen LogP contribution in [0.25, 0.3) is 0 Å². The molecule has 90 valence electrons. The fraction of sp³-hybridized carbons (Fsp3) is 0.667. The average molecular weight is 276 g/mol. The highest BCUT2D eigenvalue weighted by Crippen LogP contribution is 2.37. The van der Waals surface area contributed by atoms with Gasteiger partial charge in [-0.15, -0.1) is 11.3 Å². The number of hydrogen-bond acceptors (Lipinski definition) is 3. The molecule has 4 heteroatoms. The molecule has 0 spiro atoms. The maximum atomic E-state index is 6.09. The summed E-state index contributed by atoms with van der Waals surface area (Å²) in [7, 11) is 0. The Morgan fingerprint density at radius 1 is 1.69 bits per heavy atom. The van der Waals surface area contributed by atoms with Gasteiger partial charge in [0.25, 0.3) is 0 Å². The van der Waals surface area contributed by atoms with Crippen molar-refractivity contribution in [3.63, 3.8) is 0 Å². The topological polar surface area (TPSA) is 12.0 Å². The van der Waals surface area contributed by atoms with Crippen LogP contribution in [0.5, 0.6) is 0 Å². The summed E-state index contributed by atoms with van der Waals surface area (Å²) in [5, 5.41) is 4.35. The van der Waals surface area contributed by atoms with E-state index in [0.717, 1.165) is 10.9 Å². The summed E-state index contributed by atoms with van der Waals surface area (Å²) in [6.45, 7) is 3.35. The van der Waals surface area contributed by atoms with Crippen LogP contribution >= 0.6 is 34.7 Å². The summed E-state index contributed by atoms with van der Waals surface area (Å²) >= 11 is 9.76. The third kappa shape index (κ3) is 2.95. The molecule has 1 nitrogen and oxygen atoms in total. The standard InChI is InChI=1S/C12H18ClNS2/c1-8(15-2)7-14-10-4-3-5-11-9(10)6-12(13)16-11/h6,8,10,14H,3-5,7H2,1-2H3. The van der Waals surface area contributed by atoms with Gasteiger partial charge in [-0.3, -0.25) is 0 Å². The molecule has 1 aliphatic carbocycles. The Bertz CT molecular complexity index is 351. The summed E-state index contributed by atoms with van der Waals surface area (Å²) in [4.78, 5) is 1.49. The molecule has 1 heterocycles. The van der Waals surface area contributed by atoms with Gasteiger partial charge in [0.05, 0.1) is 4.34 Å². The third-order valence-electron chi connectivity index (χ3n) is 3.14. The van der Waals surface area contributed by atoms with Crippen molar-refractivity contribution in [3.8, 4) is 0 Å². The van der Waals surface area contributed by atoms with Gasteiger partial charge in [-0.05, 0) is 37.1 Å². The van der Waals surface area contributed by atoms with Gasteiger partial charge in [0, 0.05) is 22.7 Å². The maximum Gasteiger partial charge on any atom is 0.0934 e. The SMILES string of the molecule is CSC(C)CNC1CCCc2sc(Cl)cc21. The average Bonchev–Trinajstić information content (AvgIpc) is 2.66. The molecular weight excluding hydrogens is 258 g/mol. The van der Waals surface area contributed by atoms with Crippen LogP contribution in [0.4, 0.5) is 0 Å². The first-order chi connectivity index (χ1) is 7.70. The largest absolute Gasteiger partial charge is 0.309 e. The van der Waals surface area contributed by atoms with Crippen LogP contribution in [-0.2, 0) is 6.42 Å². The summed E-state index contributed by atoms with van der Waals surface area (Å²) in [5.74, 6) is 0. The summed E-state index contributed by atoms with van der Waals surface area (Å²) in [6.07, 6.45) is 5.92. The van der Waals surface area contributed by atoms with Crippen LogP contribution in [0.1, 0.15) is 36.2 Å². The molecule has 0 aliphatic heterocycles. The van der Waals surface area contributed by atoms with Gasteiger partial charge in [0.2, 0.25) is 0 Å². The molecule has 0 aromatic carbocycles. The van der Waals surface area contributed by atoms with Gasteiger partial charge in [-0.25, -0.2) is 0 Å². The Hall–Kier alpha value is 0.300. The fourth-order valence-electron chi connectivity index (χ4n) is 2.12. The second-order valence-electron chi connectivity index (χ2n) is 4.33. The first-order valence-electron chi connectivity index (χ1n) is 5.75. The lowest BCUT2D eigenvalue weighted by molar-refractivity contribution is 0.467. The van der Waals surface area contributed by atoms with Crippen molar-refractivity contribution in [1.82, 2.24) is 5.32 Å². The Balaban J connectivity index is 2.01. The molecule has 0 amide bonds. The molecule has 16 heavy (non-hydrogen) atoms. The monoisotopic (exact) mass is 275 g/mol. The molecule has 2 unspecified atom stereocenters. The molecule has 0 fully saturated rings. The van der Waals surface area contributed by atoms with Crippen molar-refractivity contribution < 1.29 is 0 Å². The number of rotatable bonds is 4. The van der Waals surface area contributed by atoms with Crippen molar-refractivity contribution in [1.29, 1.82) is 0 Å². The molecule has 0 saturated heterocycles. The van der Waals surface area contributed by atoms with Crippen molar-refractivity contribution in [2.24, 2.45) is 0 Å². The van der Waals surface area contributed by atoms with E-state index in [1.165, 1.54) is 29.7 Å². The van der Waals surface area contributed by atoms with E-state index in [0.29, 0.717) is 11.3 Å². The first kappa shape index (κ1) is 12.7. The van der Waals surface area contributed by atoms with Crippen LogP contribution in [0, 0.1) is 0 Å². The zero-order valence-electron chi connectivity index (χ0n) is 9.75. The number of halogens is 1. The Kier molecular flexibility index (Phi) is 4.59. The summed E-state index contributed by atoms with van der Waals surface area (Å²) in [5.41, 5.74) is 1.45. The van der Waals surface area contributed by atoms with Gasteiger partial charge in [0.1, 0.15) is 0 Å². The van der Waals surface area contributed by atoms with E-state index in [-0.39, 0.29) is 0 Å². The normalized spacial score (nSPS) is 21.8. The van der Waals surface area contributed by atoms with Gasteiger partial charge in [-0.2, -0.15) is 11.8 Å². The predicted molar refractivity (Wildman–Crippen MR) is 76.0 cm³/mol. The van der Waals surface area contributed by atoms with Gasteiger partial charge < -0.3 is 5.32 Å². The van der Waals surface area contributed by atoms with Crippen LogP contribution in [0.2, 0.25) is 4.34 Å². The summed E-state index contributed by atoms with van der Waals surface area (Å²) < 4.78 is 0.941. The molecule has 1 aliphatic rings. The zero-order chi connectivity index (χ0) is 11.5. The second kappa shape index (κ2) is 5.76. The molecule has 1 aromatic heterocycles. The smallest absolute Gasteiger partial charge is 0.0934 e. The molecule has 0 radical (unpaired) electrons. The number of fused-ring (bicyclic) bond motifs is 1. The van der Waals surface area contributed by atoms with E-state index in [1.807, 2.05) is 11.8 Å². The minimum atomic E-state index is 0.530. The van der Waals surface area contributed by atoms with Crippen LogP contribution < -0.4 is 5.32 Å². The minimum absolute atomic E-state index is 0.530. The first-order valence-corrected chi connectivity index (χ1v) is 8.23. The second-order valence-corrected chi connectivity index (χ2v) is 7.37. The lowest BCUT2D eigenvalue weighted by atomic mass is 9.94. The van der Waals surface area contributed by atoms with Gasteiger partial charge in [-0.1, -0.05) is 18.5 Å². The van der Waals surface area contributed by atoms with Gasteiger partial charge >= 0.3 is 0 Å². The predicted octanol–water partition coefficient (Wildman–Crippen LogP) is 4.12. The number of nitrogens with one attached hydrogen (secondary N) is 1. The van der Waals surface area contributed by atoms with E-state index in [1.54, 1.807) is 11.3 Å². The van der Waals surface area contributed by atoms with Crippen molar-refractivity contribution in [2.75, 3.05) is 12.8 Å². The Labute approximate surface area is 111 Å². The third-order valence-corrected chi connectivity index (χ3v) is 5.45. The maximum absolute atomic E-state index is 6.09. The number of aryl methyl sites for hydroxylation is 1. The zero-order valence-corrected chi connectivity index (χ0v) is 12.1. The Morgan fingerprint density at radius 2 is 2.50 bits per heavy atom. The van der Waals surface area contributed by atoms with E-state index in [9.17, 15) is 0 Å². The number of thiophene rings is 1. The highest BCUT2D eigenvalue weighted by Gasteiger charge is 2.22. The molecule has 2 atom stereocenters. The number of thioether (sulfide) groups is 1. The van der Waals surface area contributed by atoms with E-state index >= 15 is 0 Å². The van der Waals surface area contributed by atoms with Crippen molar-refractivity contribution in [3.05, 3.63) is 20.8 Å².